The number of Topliss-reactive ketones (excluding diaryl/α,β-unsaturated/α-hetero) is 2. The average molecular weight is 843 g/mol. The Bertz CT molecular complexity index is 1660. The summed E-state index contributed by atoms with van der Waals surface area (Å²) in [5.74, 6) is -4.55. The van der Waals surface area contributed by atoms with Crippen LogP contribution >= 0.6 is 0 Å². The number of aromatic nitrogens is 3. The van der Waals surface area contributed by atoms with Gasteiger partial charge in [0.05, 0.1) is 35.9 Å². The molecule has 4 heterocycles. The molecule has 60 heavy (non-hydrogen) atoms. The SMILES string of the molecule is CCCO[C@@]1(C)C(OCCCCCn2cnc(-c3cccnc3)c2)[C@H](C)C(=O)[C@H](C)C[C@](C)(OC)[C@H](O[C@@H]2O[C@H](C)C[C@H](N(C)C)[C@H]2O)[C@@H](C)C(=O)[C@@H](C)C(=O)O[C@H]1CC. The van der Waals surface area contributed by atoms with Crippen molar-refractivity contribution in [3.05, 3.63) is 37.1 Å². The first kappa shape index (κ1) is 49.5. The highest BCUT2D eigenvalue weighted by Crippen LogP contribution is 2.40. The lowest BCUT2D eigenvalue weighted by atomic mass is 9.74. The topological polar surface area (TPSA) is 161 Å². The number of methoxy groups -OCH3 is 1. The molecule has 2 aliphatic heterocycles. The van der Waals surface area contributed by atoms with Gasteiger partial charge in [-0.2, -0.15) is 0 Å². The van der Waals surface area contributed by atoms with E-state index in [0.717, 1.165) is 37.1 Å². The van der Waals surface area contributed by atoms with Crippen molar-refractivity contribution in [1.82, 2.24) is 19.4 Å². The van der Waals surface area contributed by atoms with E-state index in [1.807, 2.05) is 92.1 Å². The zero-order chi connectivity index (χ0) is 44.4. The fourth-order valence-corrected chi connectivity index (χ4v) is 9.14. The maximum Gasteiger partial charge on any atom is 0.316 e. The summed E-state index contributed by atoms with van der Waals surface area (Å²) in [6, 6.07) is 3.62. The molecule has 2 aromatic heterocycles. The summed E-state index contributed by atoms with van der Waals surface area (Å²) in [6.45, 7) is 17.9. The highest BCUT2D eigenvalue weighted by atomic mass is 16.7. The summed E-state index contributed by atoms with van der Waals surface area (Å²) >= 11 is 0. The zero-order valence-corrected chi connectivity index (χ0v) is 38.3. The number of aliphatic hydroxyl groups excluding tert-OH is 1. The van der Waals surface area contributed by atoms with Gasteiger partial charge in [-0.1, -0.05) is 34.6 Å². The summed E-state index contributed by atoms with van der Waals surface area (Å²) in [4.78, 5) is 53.9. The minimum absolute atomic E-state index is 0.0845. The van der Waals surface area contributed by atoms with Gasteiger partial charge < -0.3 is 43.0 Å². The molecule has 0 aromatic carbocycles. The molecular formula is C46H74N4O10. The number of nitrogens with zero attached hydrogens (tertiary/aromatic N) is 4. The van der Waals surface area contributed by atoms with Crippen LogP contribution in [0, 0.1) is 23.7 Å². The molecule has 2 saturated heterocycles. The number of likely N-dealkylation sites (N-methyl/N-ethyl adjacent to an activating group) is 1. The minimum Gasteiger partial charge on any atom is -0.459 e. The van der Waals surface area contributed by atoms with E-state index >= 15 is 0 Å². The van der Waals surface area contributed by atoms with Crippen molar-refractivity contribution < 1.29 is 47.9 Å². The van der Waals surface area contributed by atoms with E-state index in [1.54, 1.807) is 26.2 Å². The van der Waals surface area contributed by atoms with Crippen molar-refractivity contribution in [3.8, 4) is 11.3 Å². The van der Waals surface area contributed by atoms with E-state index in [9.17, 15) is 19.5 Å². The molecule has 338 valence electrons. The largest absolute Gasteiger partial charge is 0.459 e. The second-order valence-corrected chi connectivity index (χ2v) is 17.8. The highest BCUT2D eigenvalue weighted by molar-refractivity contribution is 6.00. The number of aryl methyl sites for hydroxylation is 1. The van der Waals surface area contributed by atoms with Crippen LogP contribution in [0.5, 0.6) is 0 Å². The molecule has 14 heteroatoms. The highest BCUT2D eigenvalue weighted by Gasteiger charge is 2.53. The molecule has 0 amide bonds. The molecular weight excluding hydrogens is 769 g/mol. The lowest BCUT2D eigenvalue weighted by Gasteiger charge is -2.47. The summed E-state index contributed by atoms with van der Waals surface area (Å²) in [5, 5.41) is 11.5. The Labute approximate surface area is 358 Å². The molecule has 0 aliphatic carbocycles. The Morgan fingerprint density at radius 1 is 0.983 bits per heavy atom. The van der Waals surface area contributed by atoms with Crippen LogP contribution in [0.4, 0.5) is 0 Å². The standard InChI is InChI=1S/C46H74N4O10/c1-13-22-57-46(9)37(14-2)59-43(54)33(7)39(52)32(6)41(60-44-40(53)36(49(10)11)24-30(4)58-44)45(8,55-12)25-29(3)38(51)31(5)42(46)56-23-17-15-16-21-50-27-35(48-28-50)34-19-18-20-47-26-34/h18-20,26-33,36-37,40-42,44,53H,13-17,21-25H2,1-12H3/t29-,30-,31-,32+,33-,36+,37+,40-,41-,42?,44+,45+,46-/m1/s1. The number of rotatable bonds is 16. The molecule has 1 N–H and O–H groups in total. The third kappa shape index (κ3) is 11.9. The molecule has 2 aromatic rings. The number of aliphatic hydroxyl groups is 1. The Balaban J connectivity index is 1.62. The quantitative estimate of drug-likeness (QED) is 0.114. The van der Waals surface area contributed by atoms with Gasteiger partial charge in [-0.15, -0.1) is 0 Å². The zero-order valence-electron chi connectivity index (χ0n) is 38.3. The summed E-state index contributed by atoms with van der Waals surface area (Å²) < 4.78 is 40.7. The van der Waals surface area contributed by atoms with E-state index in [1.165, 1.54) is 7.11 Å². The number of pyridine rings is 1. The molecule has 0 bridgehead atoms. The van der Waals surface area contributed by atoms with Crippen LogP contribution in [-0.4, -0.2) is 131 Å². The van der Waals surface area contributed by atoms with Gasteiger partial charge in [-0.05, 0) is 98.9 Å². The number of unbranched alkanes of at least 4 members (excludes halogenated alkanes) is 2. The number of imidazole rings is 1. The maximum absolute atomic E-state index is 14.8. The Morgan fingerprint density at radius 3 is 2.33 bits per heavy atom. The summed E-state index contributed by atoms with van der Waals surface area (Å²) in [5.41, 5.74) is -0.615. The predicted molar refractivity (Wildman–Crippen MR) is 228 cm³/mol. The first-order valence-electron chi connectivity index (χ1n) is 22.1. The van der Waals surface area contributed by atoms with E-state index in [0.29, 0.717) is 32.5 Å². The summed E-state index contributed by atoms with van der Waals surface area (Å²) in [6.07, 6.45) is 6.68. The number of esters is 1. The number of hydrogen-bond donors (Lipinski definition) is 1. The third-order valence-electron chi connectivity index (χ3n) is 12.8. The predicted octanol–water partition coefficient (Wildman–Crippen LogP) is 6.31. The van der Waals surface area contributed by atoms with Crippen LogP contribution < -0.4 is 0 Å². The second-order valence-electron chi connectivity index (χ2n) is 17.8. The van der Waals surface area contributed by atoms with Gasteiger partial charge in [-0.3, -0.25) is 19.4 Å². The maximum atomic E-state index is 14.8. The minimum atomic E-state index is -1.23. The van der Waals surface area contributed by atoms with Crippen molar-refractivity contribution in [2.45, 2.75) is 168 Å². The van der Waals surface area contributed by atoms with Crippen LogP contribution in [0.3, 0.4) is 0 Å². The van der Waals surface area contributed by atoms with Crippen LogP contribution in [0.25, 0.3) is 11.3 Å². The number of cyclic esters (lactones) is 1. The average Bonchev–Trinajstić information content (AvgIpc) is 3.71. The molecule has 0 radical (unpaired) electrons. The number of carbonyl (C=O) groups is 3. The molecule has 1 unspecified atom stereocenters. The Kier molecular flexibility index (Phi) is 18.4. The molecule has 2 aliphatic rings. The molecule has 4 rings (SSSR count). The second kappa shape index (κ2) is 22.3. The number of ketones is 2. The fourth-order valence-electron chi connectivity index (χ4n) is 9.14. The number of carbonyl (C=O) groups excluding carboxylic acids is 3. The van der Waals surface area contributed by atoms with Gasteiger partial charge in [-0.25, -0.2) is 4.98 Å². The van der Waals surface area contributed by atoms with Gasteiger partial charge in [0, 0.05) is 74.8 Å². The van der Waals surface area contributed by atoms with Gasteiger partial charge in [0.2, 0.25) is 0 Å². The van der Waals surface area contributed by atoms with E-state index in [4.69, 9.17) is 28.4 Å². The van der Waals surface area contributed by atoms with Gasteiger partial charge in [0.25, 0.3) is 0 Å². The van der Waals surface area contributed by atoms with Gasteiger partial charge >= 0.3 is 5.97 Å². The van der Waals surface area contributed by atoms with E-state index in [-0.39, 0.29) is 24.3 Å². The van der Waals surface area contributed by atoms with Crippen molar-refractivity contribution in [2.24, 2.45) is 23.7 Å². The van der Waals surface area contributed by atoms with E-state index in [2.05, 4.69) is 14.5 Å². The molecule has 0 saturated carbocycles. The normalized spacial score (nSPS) is 35.0. The van der Waals surface area contributed by atoms with Crippen LogP contribution in [0.2, 0.25) is 0 Å². The van der Waals surface area contributed by atoms with Crippen LogP contribution in [-0.2, 0) is 49.3 Å². The van der Waals surface area contributed by atoms with Gasteiger partial charge in [0.15, 0.2) is 12.1 Å². The molecule has 14 nitrogen and oxygen atoms in total. The van der Waals surface area contributed by atoms with Crippen LogP contribution in [0.1, 0.15) is 107 Å². The third-order valence-corrected chi connectivity index (χ3v) is 12.8. The first-order chi connectivity index (χ1) is 28.4. The number of hydrogen-bond acceptors (Lipinski definition) is 13. The molecule has 13 atom stereocenters. The van der Waals surface area contributed by atoms with Crippen molar-refractivity contribution in [3.63, 3.8) is 0 Å². The molecule has 2 fully saturated rings. The smallest absolute Gasteiger partial charge is 0.316 e. The lowest BCUT2D eigenvalue weighted by molar-refractivity contribution is -0.295. The monoisotopic (exact) mass is 843 g/mol. The van der Waals surface area contributed by atoms with Crippen molar-refractivity contribution >= 4 is 17.5 Å². The van der Waals surface area contributed by atoms with Crippen molar-refractivity contribution in [2.75, 3.05) is 34.4 Å². The lowest BCUT2D eigenvalue weighted by Crippen LogP contribution is -2.60. The van der Waals surface area contributed by atoms with E-state index < -0.39 is 77.3 Å². The Morgan fingerprint density at radius 2 is 1.70 bits per heavy atom. The van der Waals surface area contributed by atoms with Crippen LogP contribution in [0.15, 0.2) is 37.1 Å². The Hall–Kier alpha value is -3.11. The molecule has 0 spiro atoms. The van der Waals surface area contributed by atoms with Crippen molar-refractivity contribution in [1.29, 1.82) is 0 Å². The number of ether oxygens (including phenoxy) is 6. The first-order valence-corrected chi connectivity index (χ1v) is 22.1. The van der Waals surface area contributed by atoms with Gasteiger partial charge in [0.1, 0.15) is 29.5 Å². The fraction of sp³-hybridized carbons (Fsp3) is 0.761. The summed E-state index contributed by atoms with van der Waals surface area (Å²) in [7, 11) is 5.30.